The van der Waals surface area contributed by atoms with Crippen LogP contribution in [0.5, 0.6) is 0 Å². The monoisotopic (exact) mass is 229 g/mol. The Morgan fingerprint density at radius 2 is 1.94 bits per heavy atom. The maximum Gasteiger partial charge on any atom is 0.307 e. The average molecular weight is 229 g/mol. The summed E-state index contributed by atoms with van der Waals surface area (Å²) in [5.41, 5.74) is 0. The van der Waals surface area contributed by atoms with Gasteiger partial charge in [0.05, 0.1) is 19.1 Å². The summed E-state index contributed by atoms with van der Waals surface area (Å²) in [5.74, 6) is 0.249. The van der Waals surface area contributed by atoms with Gasteiger partial charge in [0.2, 0.25) is 0 Å². The van der Waals surface area contributed by atoms with Crippen molar-refractivity contribution in [3.63, 3.8) is 0 Å². The normalized spacial score (nSPS) is 12.6. The second kappa shape index (κ2) is 8.28. The fourth-order valence-electron chi connectivity index (χ4n) is 1.29. The van der Waals surface area contributed by atoms with E-state index in [0.717, 1.165) is 13.0 Å². The molecule has 1 atom stereocenters. The molecule has 4 nitrogen and oxygen atoms in total. The van der Waals surface area contributed by atoms with E-state index in [1.165, 1.54) is 6.92 Å². The lowest BCUT2D eigenvalue weighted by molar-refractivity contribution is -0.145. The number of ketones is 1. The van der Waals surface area contributed by atoms with Crippen molar-refractivity contribution in [2.75, 3.05) is 13.2 Å². The maximum atomic E-state index is 11.3. The molecule has 0 radical (unpaired) electrons. The van der Waals surface area contributed by atoms with Crippen LogP contribution in [0.2, 0.25) is 0 Å². The highest BCUT2D eigenvalue weighted by Crippen LogP contribution is 2.01. The number of nitrogens with one attached hydrogen (secondary N) is 1. The van der Waals surface area contributed by atoms with E-state index in [1.54, 1.807) is 6.92 Å². The number of esters is 1. The fraction of sp³-hybridized carbons (Fsp3) is 0.833. The van der Waals surface area contributed by atoms with E-state index in [4.69, 9.17) is 4.74 Å². The highest BCUT2D eigenvalue weighted by molar-refractivity contribution is 5.86. The molecule has 0 aromatic rings. The third-order valence-corrected chi connectivity index (χ3v) is 2.28. The minimum absolute atomic E-state index is 0.0168. The molecular formula is C12H23NO3. The SMILES string of the molecule is CCOC(=O)CC(NCCC(C)C)C(C)=O. The maximum absolute atomic E-state index is 11.3. The van der Waals surface area contributed by atoms with Gasteiger partial charge in [-0.2, -0.15) is 0 Å². The molecule has 1 unspecified atom stereocenters. The number of rotatable bonds is 8. The highest BCUT2D eigenvalue weighted by Gasteiger charge is 2.18. The van der Waals surface area contributed by atoms with Crippen molar-refractivity contribution in [1.29, 1.82) is 0 Å². The molecule has 0 amide bonds. The van der Waals surface area contributed by atoms with E-state index >= 15 is 0 Å². The summed E-state index contributed by atoms with van der Waals surface area (Å²) in [6, 6.07) is -0.405. The van der Waals surface area contributed by atoms with Gasteiger partial charge in [-0.15, -0.1) is 0 Å². The van der Waals surface area contributed by atoms with E-state index in [9.17, 15) is 9.59 Å². The fourth-order valence-corrected chi connectivity index (χ4v) is 1.29. The van der Waals surface area contributed by atoms with Gasteiger partial charge in [0.25, 0.3) is 0 Å². The standard InChI is InChI=1S/C12H23NO3/c1-5-16-12(15)8-11(10(4)14)13-7-6-9(2)3/h9,11,13H,5-8H2,1-4H3. The van der Waals surface area contributed by atoms with Gasteiger partial charge in [-0.1, -0.05) is 13.8 Å². The van der Waals surface area contributed by atoms with Gasteiger partial charge < -0.3 is 10.1 Å². The minimum Gasteiger partial charge on any atom is -0.466 e. The smallest absolute Gasteiger partial charge is 0.307 e. The Labute approximate surface area is 97.7 Å². The molecule has 0 saturated carbocycles. The summed E-state index contributed by atoms with van der Waals surface area (Å²) in [5, 5.41) is 3.09. The van der Waals surface area contributed by atoms with Crippen LogP contribution in [0, 0.1) is 5.92 Å². The van der Waals surface area contributed by atoms with Gasteiger partial charge in [0.1, 0.15) is 5.78 Å². The number of Topliss-reactive ketones (excluding diaryl/α,β-unsaturated/α-hetero) is 1. The zero-order chi connectivity index (χ0) is 12.6. The van der Waals surface area contributed by atoms with E-state index in [2.05, 4.69) is 19.2 Å². The number of carbonyl (C=O) groups excluding carboxylic acids is 2. The molecule has 94 valence electrons. The average Bonchev–Trinajstić information content (AvgIpc) is 2.15. The van der Waals surface area contributed by atoms with E-state index in [1.807, 2.05) is 0 Å². The first-order valence-electron chi connectivity index (χ1n) is 5.86. The first-order chi connectivity index (χ1) is 7.47. The Morgan fingerprint density at radius 1 is 1.31 bits per heavy atom. The van der Waals surface area contributed by atoms with Crippen LogP contribution in [-0.4, -0.2) is 30.9 Å². The van der Waals surface area contributed by atoms with Gasteiger partial charge in [0, 0.05) is 0 Å². The summed E-state index contributed by atoms with van der Waals surface area (Å²) >= 11 is 0. The number of hydrogen-bond donors (Lipinski definition) is 1. The van der Waals surface area contributed by atoms with Crippen LogP contribution in [0.3, 0.4) is 0 Å². The van der Waals surface area contributed by atoms with E-state index < -0.39 is 6.04 Å². The second-order valence-electron chi connectivity index (χ2n) is 4.31. The van der Waals surface area contributed by atoms with Crippen molar-refractivity contribution >= 4 is 11.8 Å². The van der Waals surface area contributed by atoms with Crippen molar-refractivity contribution in [2.45, 2.75) is 46.6 Å². The minimum atomic E-state index is -0.405. The van der Waals surface area contributed by atoms with Crippen LogP contribution in [0.15, 0.2) is 0 Å². The molecule has 0 aliphatic carbocycles. The zero-order valence-corrected chi connectivity index (χ0v) is 10.7. The molecule has 1 N–H and O–H groups in total. The molecule has 0 aliphatic heterocycles. The first kappa shape index (κ1) is 15.1. The van der Waals surface area contributed by atoms with Crippen molar-refractivity contribution in [2.24, 2.45) is 5.92 Å². The van der Waals surface area contributed by atoms with Gasteiger partial charge >= 0.3 is 5.97 Å². The molecule has 0 aromatic carbocycles. The molecule has 0 rings (SSSR count). The van der Waals surface area contributed by atoms with Crippen LogP contribution < -0.4 is 5.32 Å². The van der Waals surface area contributed by atoms with E-state index in [0.29, 0.717) is 12.5 Å². The molecular weight excluding hydrogens is 206 g/mol. The molecule has 0 spiro atoms. The highest BCUT2D eigenvalue weighted by atomic mass is 16.5. The summed E-state index contributed by atoms with van der Waals surface area (Å²) in [7, 11) is 0. The molecule has 16 heavy (non-hydrogen) atoms. The van der Waals surface area contributed by atoms with Gasteiger partial charge in [-0.25, -0.2) is 0 Å². The number of hydrogen-bond acceptors (Lipinski definition) is 4. The van der Waals surface area contributed by atoms with Crippen molar-refractivity contribution < 1.29 is 14.3 Å². The Balaban J connectivity index is 3.98. The second-order valence-corrected chi connectivity index (χ2v) is 4.31. The molecule has 0 aliphatic rings. The van der Waals surface area contributed by atoms with Crippen LogP contribution >= 0.6 is 0 Å². The lowest BCUT2D eigenvalue weighted by atomic mass is 10.1. The number of ether oxygens (including phenoxy) is 1. The van der Waals surface area contributed by atoms with E-state index in [-0.39, 0.29) is 18.2 Å². The lowest BCUT2D eigenvalue weighted by Gasteiger charge is -2.15. The molecule has 0 fully saturated rings. The van der Waals surface area contributed by atoms with Gasteiger partial charge in [-0.3, -0.25) is 9.59 Å². The Hall–Kier alpha value is -0.900. The predicted molar refractivity (Wildman–Crippen MR) is 63.2 cm³/mol. The molecule has 4 heteroatoms. The molecule has 0 saturated heterocycles. The van der Waals surface area contributed by atoms with Crippen molar-refractivity contribution in [1.82, 2.24) is 5.32 Å². The Kier molecular flexibility index (Phi) is 7.81. The van der Waals surface area contributed by atoms with Crippen LogP contribution in [0.25, 0.3) is 0 Å². The predicted octanol–water partition coefficient (Wildman–Crippen LogP) is 1.53. The Morgan fingerprint density at radius 3 is 2.38 bits per heavy atom. The Bertz CT molecular complexity index is 226. The zero-order valence-electron chi connectivity index (χ0n) is 10.7. The molecule has 0 bridgehead atoms. The lowest BCUT2D eigenvalue weighted by Crippen LogP contribution is -2.38. The topological polar surface area (TPSA) is 55.4 Å². The van der Waals surface area contributed by atoms with Crippen LogP contribution in [0.1, 0.15) is 40.5 Å². The van der Waals surface area contributed by atoms with Crippen LogP contribution in [0.4, 0.5) is 0 Å². The van der Waals surface area contributed by atoms with Gasteiger partial charge in [-0.05, 0) is 32.7 Å². The summed E-state index contributed by atoms with van der Waals surface area (Å²) < 4.78 is 4.82. The summed E-state index contributed by atoms with van der Waals surface area (Å²) in [6.45, 7) is 8.60. The number of carbonyl (C=O) groups is 2. The van der Waals surface area contributed by atoms with Crippen molar-refractivity contribution in [3.8, 4) is 0 Å². The first-order valence-corrected chi connectivity index (χ1v) is 5.86. The largest absolute Gasteiger partial charge is 0.466 e. The summed E-state index contributed by atoms with van der Waals surface area (Å²) in [6.07, 6.45) is 1.12. The quantitative estimate of drug-likeness (QED) is 0.641. The third-order valence-electron chi connectivity index (χ3n) is 2.28. The molecule has 0 aromatic heterocycles. The molecule has 0 heterocycles. The van der Waals surface area contributed by atoms with Gasteiger partial charge in [0.15, 0.2) is 0 Å². The van der Waals surface area contributed by atoms with Crippen LogP contribution in [-0.2, 0) is 14.3 Å². The van der Waals surface area contributed by atoms with Crippen molar-refractivity contribution in [3.05, 3.63) is 0 Å². The third kappa shape index (κ3) is 7.40. The summed E-state index contributed by atoms with van der Waals surface area (Å²) in [4.78, 5) is 22.5.